The minimum atomic E-state index is -5.33. The van der Waals surface area contributed by atoms with E-state index in [9.17, 15) is 17.3 Å². The molecule has 1 heterocycles. The Morgan fingerprint density at radius 3 is 2.57 bits per heavy atom. The van der Waals surface area contributed by atoms with Gasteiger partial charge in [-0.15, -0.1) is 0 Å². The predicted molar refractivity (Wildman–Crippen MR) is 67.5 cm³/mol. The molecule has 0 radical (unpaired) electrons. The van der Waals surface area contributed by atoms with Crippen molar-refractivity contribution in [1.82, 2.24) is 9.55 Å². The number of halogens is 4. The van der Waals surface area contributed by atoms with E-state index in [1.807, 2.05) is 4.57 Å². The third-order valence-electron chi connectivity index (χ3n) is 2.71. The number of hydrogen-bond donors (Lipinski definition) is 0. The van der Waals surface area contributed by atoms with Gasteiger partial charge in [-0.2, -0.15) is 0 Å². The van der Waals surface area contributed by atoms with Crippen molar-refractivity contribution in [2.45, 2.75) is 13.0 Å². The molecule has 0 aliphatic carbocycles. The van der Waals surface area contributed by atoms with E-state index in [0.29, 0.717) is 19.0 Å². The summed E-state index contributed by atoms with van der Waals surface area (Å²) in [5, 5.41) is 0. The minimum Gasteiger partial charge on any atom is -0.493 e. The summed E-state index contributed by atoms with van der Waals surface area (Å²) in [4.78, 5) is 3.87. The van der Waals surface area contributed by atoms with Crippen LogP contribution >= 0.6 is 0 Å². The van der Waals surface area contributed by atoms with Crippen molar-refractivity contribution in [3.05, 3.63) is 42.7 Å². The first-order valence-corrected chi connectivity index (χ1v) is 6.05. The molecule has 0 fully saturated rings. The molecule has 2 aromatic rings. The van der Waals surface area contributed by atoms with Crippen LogP contribution in [0, 0.1) is 5.82 Å². The first-order valence-electron chi connectivity index (χ1n) is 6.05. The van der Waals surface area contributed by atoms with Crippen molar-refractivity contribution in [2.24, 2.45) is 0 Å². The second-order valence-electron chi connectivity index (χ2n) is 4.26. The third kappa shape index (κ3) is 5.74. The van der Waals surface area contributed by atoms with Crippen LogP contribution in [0.15, 0.2) is 36.9 Å². The minimum absolute atomic E-state index is 0. The molecule has 1 aromatic heterocycles. The topological polar surface area (TPSA) is 27.1 Å². The predicted octanol–water partition coefficient (Wildman–Crippen LogP) is -0.450. The maximum Gasteiger partial charge on any atom is 1.00 e. The Kier molecular flexibility index (Phi) is 7.42. The molecule has 21 heavy (non-hydrogen) atoms. The van der Waals surface area contributed by atoms with Crippen molar-refractivity contribution < 1.29 is 73.5 Å². The number of hydrogen-bond acceptors (Lipinski definition) is 2. The molecular formula is C12H12BF4KN2O. The van der Waals surface area contributed by atoms with Gasteiger partial charge in [0.1, 0.15) is 5.75 Å². The fourth-order valence-electron chi connectivity index (χ4n) is 1.72. The summed E-state index contributed by atoms with van der Waals surface area (Å²) in [6.45, 7) is -4.37. The van der Waals surface area contributed by atoms with E-state index < -0.39 is 18.3 Å². The van der Waals surface area contributed by atoms with E-state index in [1.165, 1.54) is 0 Å². The van der Waals surface area contributed by atoms with Crippen LogP contribution in [0.1, 0.15) is 6.42 Å². The summed E-state index contributed by atoms with van der Waals surface area (Å²) in [5.41, 5.74) is -1.23. The van der Waals surface area contributed by atoms with Crippen LogP contribution < -0.4 is 61.6 Å². The van der Waals surface area contributed by atoms with E-state index in [4.69, 9.17) is 4.74 Å². The van der Waals surface area contributed by atoms with Gasteiger partial charge in [0.2, 0.25) is 0 Å². The van der Waals surface area contributed by atoms with Gasteiger partial charge in [0.05, 0.1) is 18.8 Å². The monoisotopic (exact) mass is 326 g/mol. The Balaban J connectivity index is 0.00000220. The van der Waals surface area contributed by atoms with E-state index in [1.54, 1.807) is 18.7 Å². The number of rotatable bonds is 6. The van der Waals surface area contributed by atoms with Crippen LogP contribution in [0.2, 0.25) is 0 Å². The van der Waals surface area contributed by atoms with Gasteiger partial charge in [0, 0.05) is 25.0 Å². The quantitative estimate of drug-likeness (QED) is 0.409. The molecule has 0 bridgehead atoms. The van der Waals surface area contributed by atoms with Crippen molar-refractivity contribution in [3.63, 3.8) is 0 Å². The second-order valence-corrected chi connectivity index (χ2v) is 4.26. The first kappa shape index (κ1) is 18.7. The second kappa shape index (κ2) is 8.33. The van der Waals surface area contributed by atoms with Gasteiger partial charge >= 0.3 is 58.4 Å². The summed E-state index contributed by atoms with van der Waals surface area (Å²) in [5.74, 6) is -1.21. The Morgan fingerprint density at radius 2 is 2.00 bits per heavy atom. The first-order chi connectivity index (χ1) is 9.47. The van der Waals surface area contributed by atoms with Crippen molar-refractivity contribution in [2.75, 3.05) is 6.61 Å². The average molecular weight is 326 g/mol. The molecule has 0 saturated carbocycles. The summed E-state index contributed by atoms with van der Waals surface area (Å²) in [6, 6.07) is 2.60. The molecule has 0 unspecified atom stereocenters. The molecule has 3 nitrogen and oxygen atoms in total. The molecule has 9 heteroatoms. The zero-order valence-electron chi connectivity index (χ0n) is 11.5. The Hall–Kier alpha value is -0.349. The number of aryl methyl sites for hydroxylation is 1. The molecule has 1 aromatic carbocycles. The summed E-state index contributed by atoms with van der Waals surface area (Å²) < 4.78 is 57.6. The number of aromatic nitrogens is 2. The molecule has 108 valence electrons. The molecule has 0 atom stereocenters. The van der Waals surface area contributed by atoms with Crippen molar-refractivity contribution in [3.8, 4) is 5.75 Å². The van der Waals surface area contributed by atoms with E-state index >= 15 is 0 Å². The van der Waals surface area contributed by atoms with Crippen LogP contribution in [0.3, 0.4) is 0 Å². The molecule has 0 N–H and O–H groups in total. The number of nitrogens with zero attached hydrogens (tertiary/aromatic N) is 2. The van der Waals surface area contributed by atoms with Crippen LogP contribution in [0.4, 0.5) is 17.3 Å². The molecule has 0 amide bonds. The van der Waals surface area contributed by atoms with Crippen LogP contribution in [0.5, 0.6) is 5.75 Å². The summed E-state index contributed by atoms with van der Waals surface area (Å²) in [6.07, 6.45) is 5.73. The number of ether oxygens (including phenoxy) is 1. The Morgan fingerprint density at radius 1 is 1.24 bits per heavy atom. The van der Waals surface area contributed by atoms with Gasteiger partial charge in [-0.1, -0.05) is 11.5 Å². The van der Waals surface area contributed by atoms with Gasteiger partial charge < -0.3 is 22.3 Å². The number of benzene rings is 1. The van der Waals surface area contributed by atoms with Gasteiger partial charge in [-0.25, -0.2) is 9.37 Å². The van der Waals surface area contributed by atoms with Crippen molar-refractivity contribution in [1.29, 1.82) is 0 Å². The van der Waals surface area contributed by atoms with Crippen LogP contribution in [-0.2, 0) is 6.54 Å². The van der Waals surface area contributed by atoms with Gasteiger partial charge in [-0.05, 0) is 12.5 Å². The van der Waals surface area contributed by atoms with E-state index in [-0.39, 0.29) is 63.7 Å². The Bertz CT molecular complexity index is 563. The maximum atomic E-state index is 13.3. The molecule has 0 spiro atoms. The maximum absolute atomic E-state index is 13.3. The van der Waals surface area contributed by atoms with Crippen molar-refractivity contribution >= 4 is 12.4 Å². The Labute approximate surface area is 162 Å². The van der Waals surface area contributed by atoms with Gasteiger partial charge in [-0.3, -0.25) is 0 Å². The molecule has 2 rings (SSSR count). The zero-order valence-corrected chi connectivity index (χ0v) is 14.6. The standard InChI is InChI=1S/C12H12BF4N2O.K/c14-12-8-10(2-3-11(12)13(15,16)17)20-7-1-5-19-6-4-18-9-19;/h2-4,6,8-9H,1,5,7H2;/q-1;+1. The molecule has 0 aliphatic rings. The average Bonchev–Trinajstić information content (AvgIpc) is 2.86. The number of imidazole rings is 1. The van der Waals surface area contributed by atoms with Gasteiger partial charge in [0.25, 0.3) is 0 Å². The third-order valence-corrected chi connectivity index (χ3v) is 2.71. The smallest absolute Gasteiger partial charge is 0.493 e. The molecular weight excluding hydrogens is 314 g/mol. The fourth-order valence-corrected chi connectivity index (χ4v) is 1.72. The van der Waals surface area contributed by atoms with Crippen LogP contribution in [-0.4, -0.2) is 23.1 Å². The van der Waals surface area contributed by atoms with E-state index in [0.717, 1.165) is 12.1 Å². The summed E-state index contributed by atoms with van der Waals surface area (Å²) in [7, 11) is 0. The molecule has 0 aliphatic heterocycles. The SMILES string of the molecule is Fc1cc(OCCCn2ccnc2)ccc1[B-](F)(F)F.[K+]. The summed E-state index contributed by atoms with van der Waals surface area (Å²) >= 11 is 0. The van der Waals surface area contributed by atoms with Crippen LogP contribution in [0.25, 0.3) is 0 Å². The van der Waals surface area contributed by atoms with E-state index in [2.05, 4.69) is 4.98 Å². The van der Waals surface area contributed by atoms with Gasteiger partial charge in [0.15, 0.2) is 0 Å². The fraction of sp³-hybridized carbons (Fsp3) is 0.250. The normalized spacial score (nSPS) is 11.0. The zero-order chi connectivity index (χ0) is 14.6. The largest absolute Gasteiger partial charge is 1.00 e. The molecule has 0 saturated heterocycles.